The number of hydrogen-bond donors (Lipinski definition) is 1. The molecule has 0 atom stereocenters. The first-order chi connectivity index (χ1) is 6.79. The Hall–Kier alpha value is -1.70. The van der Waals surface area contributed by atoms with Crippen LogP contribution in [0.4, 0.5) is 0 Å². The van der Waals surface area contributed by atoms with E-state index in [1.165, 1.54) is 0 Å². The van der Waals surface area contributed by atoms with E-state index < -0.39 is 0 Å². The van der Waals surface area contributed by atoms with Gasteiger partial charge in [-0.1, -0.05) is 12.1 Å². The molecule has 0 aromatic heterocycles. The van der Waals surface area contributed by atoms with Gasteiger partial charge in [0.25, 0.3) is 0 Å². The monoisotopic (exact) mass is 188 g/mol. The van der Waals surface area contributed by atoms with Crippen LogP contribution in [0, 0.1) is 0 Å². The van der Waals surface area contributed by atoms with Crippen molar-refractivity contribution >= 4 is 10.8 Å². The third-order valence-corrected chi connectivity index (χ3v) is 2.11. The van der Waals surface area contributed by atoms with E-state index in [0.717, 1.165) is 16.5 Å². The molecule has 1 N–H and O–H groups in total. The van der Waals surface area contributed by atoms with Crippen LogP contribution in [0.15, 0.2) is 36.4 Å². The maximum atomic E-state index is 9.31. The molecule has 2 nitrogen and oxygen atoms in total. The molecule has 72 valence electrons. The minimum absolute atomic E-state index is 0.283. The molecule has 0 saturated heterocycles. The number of ether oxygens (including phenoxy) is 1. The Morgan fingerprint density at radius 2 is 1.86 bits per heavy atom. The number of aromatic hydroxyl groups is 1. The molecule has 2 aromatic rings. The molecule has 14 heavy (non-hydrogen) atoms. The van der Waals surface area contributed by atoms with E-state index in [2.05, 4.69) is 0 Å². The van der Waals surface area contributed by atoms with Crippen molar-refractivity contribution in [2.24, 2.45) is 0 Å². The van der Waals surface area contributed by atoms with E-state index in [9.17, 15) is 5.11 Å². The highest BCUT2D eigenvalue weighted by atomic mass is 16.5. The van der Waals surface area contributed by atoms with Crippen molar-refractivity contribution in [2.75, 3.05) is 6.61 Å². The summed E-state index contributed by atoms with van der Waals surface area (Å²) in [4.78, 5) is 0. The van der Waals surface area contributed by atoms with Crippen molar-refractivity contribution in [3.63, 3.8) is 0 Å². The molecule has 0 aliphatic carbocycles. The van der Waals surface area contributed by atoms with Crippen LogP contribution in [-0.2, 0) is 0 Å². The van der Waals surface area contributed by atoms with Crippen molar-refractivity contribution in [1.82, 2.24) is 0 Å². The highest BCUT2D eigenvalue weighted by Crippen LogP contribution is 2.24. The number of benzene rings is 2. The van der Waals surface area contributed by atoms with Crippen molar-refractivity contribution in [3.8, 4) is 11.5 Å². The lowest BCUT2D eigenvalue weighted by atomic mass is 10.1. The molecule has 0 radical (unpaired) electrons. The van der Waals surface area contributed by atoms with Crippen LogP contribution in [-0.4, -0.2) is 11.7 Å². The van der Waals surface area contributed by atoms with Gasteiger partial charge in [0.15, 0.2) is 0 Å². The molecule has 0 spiro atoms. The number of hydrogen-bond acceptors (Lipinski definition) is 2. The Morgan fingerprint density at radius 1 is 1.07 bits per heavy atom. The standard InChI is InChI=1S/C12H12O2/c1-2-14-12-6-4-9-3-5-11(13)7-10(9)8-12/h3-8,13H,2H2,1H3. The van der Waals surface area contributed by atoms with E-state index in [1.54, 1.807) is 12.1 Å². The van der Waals surface area contributed by atoms with Gasteiger partial charge in [0, 0.05) is 0 Å². The summed E-state index contributed by atoms with van der Waals surface area (Å²) in [6.07, 6.45) is 0. The SMILES string of the molecule is CCOc1ccc2ccc(O)cc2c1. The van der Waals surface area contributed by atoms with Crippen molar-refractivity contribution < 1.29 is 9.84 Å². The van der Waals surface area contributed by atoms with Gasteiger partial charge < -0.3 is 9.84 Å². The zero-order valence-corrected chi connectivity index (χ0v) is 8.03. The first-order valence-corrected chi connectivity index (χ1v) is 4.65. The zero-order valence-electron chi connectivity index (χ0n) is 8.03. The first-order valence-electron chi connectivity index (χ1n) is 4.65. The molecular weight excluding hydrogens is 176 g/mol. The number of rotatable bonds is 2. The second kappa shape index (κ2) is 3.58. The van der Waals surface area contributed by atoms with Gasteiger partial charge >= 0.3 is 0 Å². The number of phenolic OH excluding ortho intramolecular Hbond substituents is 1. The largest absolute Gasteiger partial charge is 0.508 e. The lowest BCUT2D eigenvalue weighted by molar-refractivity contribution is 0.341. The second-order valence-corrected chi connectivity index (χ2v) is 3.13. The third kappa shape index (κ3) is 1.64. The Bertz CT molecular complexity index is 449. The molecule has 0 bridgehead atoms. The van der Waals surface area contributed by atoms with Gasteiger partial charge in [0.1, 0.15) is 11.5 Å². The number of phenols is 1. The van der Waals surface area contributed by atoms with E-state index in [0.29, 0.717) is 6.61 Å². The van der Waals surface area contributed by atoms with Crippen LogP contribution in [0.1, 0.15) is 6.92 Å². The predicted octanol–water partition coefficient (Wildman–Crippen LogP) is 2.94. The van der Waals surface area contributed by atoms with Crippen LogP contribution < -0.4 is 4.74 Å². The minimum Gasteiger partial charge on any atom is -0.508 e. The predicted molar refractivity (Wildman–Crippen MR) is 56.8 cm³/mol. The van der Waals surface area contributed by atoms with Crippen molar-refractivity contribution in [3.05, 3.63) is 36.4 Å². The summed E-state index contributed by atoms with van der Waals surface area (Å²) in [6, 6.07) is 11.2. The zero-order chi connectivity index (χ0) is 9.97. The van der Waals surface area contributed by atoms with Gasteiger partial charge in [0.2, 0.25) is 0 Å². The van der Waals surface area contributed by atoms with E-state index >= 15 is 0 Å². The lowest BCUT2D eigenvalue weighted by Crippen LogP contribution is -1.90. The fourth-order valence-corrected chi connectivity index (χ4v) is 1.47. The molecule has 0 amide bonds. The molecule has 0 unspecified atom stereocenters. The summed E-state index contributed by atoms with van der Waals surface area (Å²) >= 11 is 0. The Morgan fingerprint density at radius 3 is 2.64 bits per heavy atom. The molecular formula is C12H12O2. The first kappa shape index (κ1) is 8.88. The molecule has 0 saturated carbocycles. The number of fused-ring (bicyclic) bond motifs is 1. The van der Waals surface area contributed by atoms with Gasteiger partial charge in [-0.3, -0.25) is 0 Å². The summed E-state index contributed by atoms with van der Waals surface area (Å²) < 4.78 is 5.37. The average Bonchev–Trinajstić information content (AvgIpc) is 2.17. The van der Waals surface area contributed by atoms with Gasteiger partial charge in [-0.2, -0.15) is 0 Å². The molecule has 0 aliphatic heterocycles. The van der Waals surface area contributed by atoms with Crippen LogP contribution in [0.2, 0.25) is 0 Å². The summed E-state index contributed by atoms with van der Waals surface area (Å²) in [7, 11) is 0. The highest BCUT2D eigenvalue weighted by Gasteiger charge is 1.97. The summed E-state index contributed by atoms with van der Waals surface area (Å²) in [6.45, 7) is 2.61. The van der Waals surface area contributed by atoms with Crippen LogP contribution >= 0.6 is 0 Å². The van der Waals surface area contributed by atoms with Gasteiger partial charge in [0.05, 0.1) is 6.61 Å². The molecule has 0 heterocycles. The topological polar surface area (TPSA) is 29.5 Å². The van der Waals surface area contributed by atoms with Gasteiger partial charge in [-0.25, -0.2) is 0 Å². The van der Waals surface area contributed by atoms with E-state index in [4.69, 9.17) is 4.74 Å². The van der Waals surface area contributed by atoms with Crippen LogP contribution in [0.3, 0.4) is 0 Å². The quantitative estimate of drug-likeness (QED) is 0.785. The smallest absolute Gasteiger partial charge is 0.119 e. The molecule has 2 heteroatoms. The average molecular weight is 188 g/mol. The molecule has 0 fully saturated rings. The minimum atomic E-state index is 0.283. The fraction of sp³-hybridized carbons (Fsp3) is 0.167. The van der Waals surface area contributed by atoms with E-state index in [1.807, 2.05) is 31.2 Å². The van der Waals surface area contributed by atoms with E-state index in [-0.39, 0.29) is 5.75 Å². The lowest BCUT2D eigenvalue weighted by Gasteiger charge is -2.04. The molecule has 2 aromatic carbocycles. The maximum absolute atomic E-state index is 9.31. The summed E-state index contributed by atoms with van der Waals surface area (Å²) in [5.41, 5.74) is 0. The molecule has 2 rings (SSSR count). The maximum Gasteiger partial charge on any atom is 0.119 e. The van der Waals surface area contributed by atoms with Crippen LogP contribution in [0.25, 0.3) is 10.8 Å². The normalized spacial score (nSPS) is 10.4. The third-order valence-electron chi connectivity index (χ3n) is 2.11. The Labute approximate surface area is 82.8 Å². The van der Waals surface area contributed by atoms with Crippen molar-refractivity contribution in [1.29, 1.82) is 0 Å². The highest BCUT2D eigenvalue weighted by molar-refractivity contribution is 5.85. The summed E-state index contributed by atoms with van der Waals surface area (Å²) in [5.74, 6) is 1.12. The molecule has 0 aliphatic rings. The van der Waals surface area contributed by atoms with Gasteiger partial charge in [-0.05, 0) is 42.0 Å². The fourth-order valence-electron chi connectivity index (χ4n) is 1.47. The Kier molecular flexibility index (Phi) is 2.27. The van der Waals surface area contributed by atoms with Gasteiger partial charge in [-0.15, -0.1) is 0 Å². The Balaban J connectivity index is 2.52. The summed E-state index contributed by atoms with van der Waals surface area (Å²) in [5, 5.41) is 11.4. The van der Waals surface area contributed by atoms with Crippen LogP contribution in [0.5, 0.6) is 11.5 Å². The second-order valence-electron chi connectivity index (χ2n) is 3.13. The van der Waals surface area contributed by atoms with Crippen molar-refractivity contribution in [2.45, 2.75) is 6.92 Å².